The molecule has 0 aliphatic carbocycles. The van der Waals surface area contributed by atoms with E-state index < -0.39 is 11.7 Å². The molecule has 1 amide bonds. The topological polar surface area (TPSA) is 58.6 Å². The summed E-state index contributed by atoms with van der Waals surface area (Å²) in [5.74, 6) is 5.94. The standard InChI is InChI=1S/C31H33NO3/c1-31(2,3)35-30(34)32-28(20-19-24-13-7-4-8-14-24)22-29(26-17-11-6-12-18-26)27(23-33)21-25-15-9-5-10-16-25/h4-18,22,27,29,33H,21,23H2,1-3H3,(H,32,34)/b28-22-/t27-,29+/m0/s1. The van der Waals surface area contributed by atoms with Gasteiger partial charge < -0.3 is 9.84 Å². The van der Waals surface area contributed by atoms with Crippen LogP contribution in [0.5, 0.6) is 0 Å². The summed E-state index contributed by atoms with van der Waals surface area (Å²) in [6.45, 7) is 5.44. The van der Waals surface area contributed by atoms with E-state index in [2.05, 4.69) is 29.3 Å². The lowest BCUT2D eigenvalue weighted by Crippen LogP contribution is -2.32. The van der Waals surface area contributed by atoms with Crippen molar-refractivity contribution < 1.29 is 14.6 Å². The van der Waals surface area contributed by atoms with Gasteiger partial charge in [-0.25, -0.2) is 4.79 Å². The molecular formula is C31H33NO3. The van der Waals surface area contributed by atoms with Crippen molar-refractivity contribution in [1.82, 2.24) is 5.32 Å². The highest BCUT2D eigenvalue weighted by atomic mass is 16.6. The van der Waals surface area contributed by atoms with Crippen LogP contribution in [0.15, 0.2) is 103 Å². The highest BCUT2D eigenvalue weighted by Crippen LogP contribution is 2.30. The first-order chi connectivity index (χ1) is 16.8. The Kier molecular flexibility index (Phi) is 9.29. The summed E-state index contributed by atoms with van der Waals surface area (Å²) in [6, 6.07) is 29.7. The Balaban J connectivity index is 2.01. The van der Waals surface area contributed by atoms with E-state index in [1.165, 1.54) is 0 Å². The van der Waals surface area contributed by atoms with Crippen molar-refractivity contribution in [3.8, 4) is 11.8 Å². The Labute approximate surface area is 208 Å². The van der Waals surface area contributed by atoms with Gasteiger partial charge in [-0.05, 0) is 68.4 Å². The molecule has 2 atom stereocenters. The molecular weight excluding hydrogens is 434 g/mol. The molecule has 3 aromatic carbocycles. The fraction of sp³-hybridized carbons (Fsp3) is 0.258. The average Bonchev–Trinajstić information content (AvgIpc) is 2.85. The molecule has 180 valence electrons. The van der Waals surface area contributed by atoms with Crippen LogP contribution in [0.1, 0.15) is 43.4 Å². The Morgan fingerprint density at radius 1 is 0.943 bits per heavy atom. The minimum absolute atomic E-state index is 0.0171. The second-order valence-corrected chi connectivity index (χ2v) is 9.39. The quantitative estimate of drug-likeness (QED) is 0.414. The van der Waals surface area contributed by atoms with Crippen LogP contribution in [0.4, 0.5) is 4.79 Å². The van der Waals surface area contributed by atoms with Crippen LogP contribution in [0.25, 0.3) is 0 Å². The lowest BCUT2D eigenvalue weighted by molar-refractivity contribution is 0.0548. The number of aliphatic hydroxyl groups excluding tert-OH is 1. The molecule has 35 heavy (non-hydrogen) atoms. The summed E-state index contributed by atoms with van der Waals surface area (Å²) in [6.07, 6.45) is 2.04. The highest BCUT2D eigenvalue weighted by molar-refractivity contribution is 5.71. The first-order valence-corrected chi connectivity index (χ1v) is 11.8. The minimum Gasteiger partial charge on any atom is -0.444 e. The SMILES string of the molecule is CC(C)(C)OC(=O)N/C(C#Cc1ccccc1)=C\[C@H](c1ccccc1)[C@H](CO)Cc1ccccc1. The van der Waals surface area contributed by atoms with Gasteiger partial charge in [-0.1, -0.05) is 84.8 Å². The minimum atomic E-state index is -0.637. The largest absolute Gasteiger partial charge is 0.444 e. The van der Waals surface area contributed by atoms with Crippen molar-refractivity contribution in [3.63, 3.8) is 0 Å². The molecule has 0 aromatic heterocycles. The summed E-state index contributed by atoms with van der Waals surface area (Å²) in [4.78, 5) is 12.6. The van der Waals surface area contributed by atoms with Gasteiger partial charge in [0.15, 0.2) is 0 Å². The van der Waals surface area contributed by atoms with E-state index in [0.717, 1.165) is 16.7 Å². The summed E-state index contributed by atoms with van der Waals surface area (Å²) in [5, 5.41) is 13.2. The summed E-state index contributed by atoms with van der Waals surface area (Å²) < 4.78 is 5.48. The lowest BCUT2D eigenvalue weighted by atomic mass is 9.82. The first-order valence-electron chi connectivity index (χ1n) is 11.8. The van der Waals surface area contributed by atoms with Gasteiger partial charge in [0, 0.05) is 18.1 Å². The van der Waals surface area contributed by atoms with Crippen molar-refractivity contribution in [2.45, 2.75) is 38.7 Å². The number of alkyl carbamates (subject to hydrolysis) is 1. The smallest absolute Gasteiger partial charge is 0.412 e. The van der Waals surface area contributed by atoms with E-state index in [1.54, 1.807) is 0 Å². The van der Waals surface area contributed by atoms with Crippen molar-refractivity contribution in [3.05, 3.63) is 119 Å². The van der Waals surface area contributed by atoms with Crippen LogP contribution in [-0.4, -0.2) is 23.4 Å². The Hall–Kier alpha value is -3.81. The van der Waals surface area contributed by atoms with Gasteiger partial charge in [-0.2, -0.15) is 0 Å². The fourth-order valence-corrected chi connectivity index (χ4v) is 3.77. The number of carbonyl (C=O) groups is 1. The zero-order chi connectivity index (χ0) is 25.1. The predicted molar refractivity (Wildman–Crippen MR) is 141 cm³/mol. The maximum Gasteiger partial charge on any atom is 0.412 e. The molecule has 0 aliphatic heterocycles. The number of allylic oxidation sites excluding steroid dienone is 2. The van der Waals surface area contributed by atoms with Gasteiger partial charge in [0.05, 0.1) is 5.70 Å². The lowest BCUT2D eigenvalue weighted by Gasteiger charge is -2.25. The number of carbonyl (C=O) groups excluding carboxylic acids is 1. The maximum absolute atomic E-state index is 12.6. The Morgan fingerprint density at radius 3 is 2.09 bits per heavy atom. The molecule has 3 rings (SSSR count). The van der Waals surface area contributed by atoms with Gasteiger partial charge >= 0.3 is 6.09 Å². The molecule has 0 bridgehead atoms. The normalized spacial score (nSPS) is 13.2. The Bertz CT molecular complexity index is 1150. The van der Waals surface area contributed by atoms with E-state index in [9.17, 15) is 9.90 Å². The van der Waals surface area contributed by atoms with Gasteiger partial charge in [0.2, 0.25) is 0 Å². The molecule has 2 N–H and O–H groups in total. The third-order valence-electron chi connectivity index (χ3n) is 5.36. The average molecular weight is 468 g/mol. The molecule has 0 saturated carbocycles. The van der Waals surface area contributed by atoms with Crippen LogP contribution in [-0.2, 0) is 11.2 Å². The van der Waals surface area contributed by atoms with Gasteiger partial charge in [-0.15, -0.1) is 0 Å². The number of amides is 1. The third kappa shape index (κ3) is 8.81. The van der Waals surface area contributed by atoms with E-state index in [-0.39, 0.29) is 18.4 Å². The van der Waals surface area contributed by atoms with E-state index >= 15 is 0 Å². The van der Waals surface area contributed by atoms with Gasteiger partial charge in [0.1, 0.15) is 5.60 Å². The third-order valence-corrected chi connectivity index (χ3v) is 5.36. The number of hydrogen-bond acceptors (Lipinski definition) is 3. The Morgan fingerprint density at radius 2 is 1.51 bits per heavy atom. The first kappa shape index (κ1) is 25.8. The van der Waals surface area contributed by atoms with Crippen molar-refractivity contribution in [2.75, 3.05) is 6.61 Å². The zero-order valence-electron chi connectivity index (χ0n) is 20.6. The van der Waals surface area contributed by atoms with Gasteiger partial charge in [0.25, 0.3) is 0 Å². The molecule has 0 radical (unpaired) electrons. The summed E-state index contributed by atoms with van der Waals surface area (Å²) in [7, 11) is 0. The predicted octanol–water partition coefficient (Wildman–Crippen LogP) is 6.08. The second kappa shape index (κ2) is 12.6. The van der Waals surface area contributed by atoms with Crippen LogP contribution >= 0.6 is 0 Å². The molecule has 4 heteroatoms. The molecule has 3 aromatic rings. The number of ether oxygens (including phenoxy) is 1. The maximum atomic E-state index is 12.6. The number of hydrogen-bond donors (Lipinski definition) is 2. The molecule has 0 aliphatic rings. The number of rotatable bonds is 7. The molecule has 0 spiro atoms. The van der Waals surface area contributed by atoms with E-state index in [1.807, 2.05) is 106 Å². The van der Waals surface area contributed by atoms with Crippen molar-refractivity contribution >= 4 is 6.09 Å². The highest BCUT2D eigenvalue weighted by Gasteiger charge is 2.23. The fourth-order valence-electron chi connectivity index (χ4n) is 3.77. The zero-order valence-corrected chi connectivity index (χ0v) is 20.6. The second-order valence-electron chi connectivity index (χ2n) is 9.39. The molecule has 4 nitrogen and oxygen atoms in total. The van der Waals surface area contributed by atoms with Crippen LogP contribution < -0.4 is 5.32 Å². The van der Waals surface area contributed by atoms with E-state index in [4.69, 9.17) is 4.74 Å². The molecule has 0 heterocycles. The molecule has 0 saturated heterocycles. The monoisotopic (exact) mass is 467 g/mol. The molecule has 0 unspecified atom stereocenters. The van der Waals surface area contributed by atoms with Crippen molar-refractivity contribution in [2.24, 2.45) is 5.92 Å². The summed E-state index contributed by atoms with van der Waals surface area (Å²) in [5.41, 5.74) is 2.81. The number of nitrogens with one attached hydrogen (secondary N) is 1. The van der Waals surface area contributed by atoms with Crippen LogP contribution in [0.2, 0.25) is 0 Å². The van der Waals surface area contributed by atoms with Crippen molar-refractivity contribution in [1.29, 1.82) is 0 Å². The summed E-state index contributed by atoms with van der Waals surface area (Å²) >= 11 is 0. The van der Waals surface area contributed by atoms with Crippen LogP contribution in [0, 0.1) is 17.8 Å². The molecule has 0 fully saturated rings. The number of aliphatic hydroxyl groups is 1. The van der Waals surface area contributed by atoms with Crippen LogP contribution in [0.3, 0.4) is 0 Å². The number of benzene rings is 3. The van der Waals surface area contributed by atoms with E-state index in [0.29, 0.717) is 12.1 Å². The van der Waals surface area contributed by atoms with Gasteiger partial charge in [-0.3, -0.25) is 5.32 Å².